The Kier molecular flexibility index (Phi) is 5.22. The Hall–Kier alpha value is -0.860. The number of unbranched alkanes of at least 4 members (excludes halogenated alkanes) is 1. The highest BCUT2D eigenvalue weighted by Crippen LogP contribution is 2.44. The van der Waals surface area contributed by atoms with Crippen molar-refractivity contribution in [1.82, 2.24) is 4.90 Å². The van der Waals surface area contributed by atoms with Crippen molar-refractivity contribution in [1.29, 1.82) is 0 Å². The molecule has 0 aromatic heterocycles. The summed E-state index contributed by atoms with van der Waals surface area (Å²) >= 11 is 0. The van der Waals surface area contributed by atoms with Crippen LogP contribution < -0.4 is 5.73 Å². The van der Waals surface area contributed by atoms with Crippen LogP contribution in [0.3, 0.4) is 0 Å². The molecule has 0 saturated heterocycles. The Labute approximate surface area is 124 Å². The third-order valence-electron chi connectivity index (χ3n) is 5.09. The minimum atomic E-state index is 0.0625. The van der Waals surface area contributed by atoms with Gasteiger partial charge in [-0.2, -0.15) is 0 Å². The van der Waals surface area contributed by atoms with Crippen molar-refractivity contribution in [2.45, 2.75) is 57.9 Å². The van der Waals surface area contributed by atoms with Gasteiger partial charge in [0, 0.05) is 6.54 Å². The van der Waals surface area contributed by atoms with Crippen LogP contribution in [0.1, 0.15) is 63.5 Å². The molecule has 0 aliphatic heterocycles. The fourth-order valence-corrected chi connectivity index (χ4v) is 3.79. The molecule has 2 unspecified atom stereocenters. The number of nitrogens with zero attached hydrogens (tertiary/aromatic N) is 1. The molecular formula is C18H30N2. The standard InChI is InChI=1S/C18H30N2/c1-4-6-13-20(5-2)18(14-19)12-11-15(3)16-9-7-8-10-17(16)18/h7-10,15H,4-6,11-14,19H2,1-3H3. The lowest BCUT2D eigenvalue weighted by Crippen LogP contribution is -2.53. The van der Waals surface area contributed by atoms with E-state index in [1.807, 2.05) is 0 Å². The zero-order valence-electron chi connectivity index (χ0n) is 13.4. The highest BCUT2D eigenvalue weighted by atomic mass is 15.2. The minimum absolute atomic E-state index is 0.0625. The maximum Gasteiger partial charge on any atom is 0.0586 e. The molecule has 0 bridgehead atoms. The molecule has 1 aromatic carbocycles. The Morgan fingerprint density at radius 2 is 2.05 bits per heavy atom. The first kappa shape index (κ1) is 15.5. The van der Waals surface area contributed by atoms with Crippen molar-refractivity contribution >= 4 is 0 Å². The van der Waals surface area contributed by atoms with Crippen LogP contribution in [0.4, 0.5) is 0 Å². The number of hydrogen-bond acceptors (Lipinski definition) is 2. The van der Waals surface area contributed by atoms with Crippen molar-refractivity contribution in [3.05, 3.63) is 35.4 Å². The summed E-state index contributed by atoms with van der Waals surface area (Å²) in [4.78, 5) is 2.63. The van der Waals surface area contributed by atoms with Crippen LogP contribution in [0.25, 0.3) is 0 Å². The first-order valence-electron chi connectivity index (χ1n) is 8.24. The third kappa shape index (κ3) is 2.64. The first-order chi connectivity index (χ1) is 9.69. The fraction of sp³-hybridized carbons (Fsp3) is 0.667. The largest absolute Gasteiger partial charge is 0.328 e. The second-order valence-corrected chi connectivity index (χ2v) is 6.20. The fourth-order valence-electron chi connectivity index (χ4n) is 3.79. The predicted molar refractivity (Wildman–Crippen MR) is 87.0 cm³/mol. The van der Waals surface area contributed by atoms with Crippen LogP contribution in [-0.2, 0) is 5.54 Å². The average Bonchev–Trinajstić information content (AvgIpc) is 2.50. The lowest BCUT2D eigenvalue weighted by molar-refractivity contribution is 0.0746. The molecule has 2 N–H and O–H groups in total. The second kappa shape index (κ2) is 6.73. The molecule has 1 aromatic rings. The lowest BCUT2D eigenvalue weighted by atomic mass is 9.71. The monoisotopic (exact) mass is 274 g/mol. The van der Waals surface area contributed by atoms with E-state index in [1.54, 1.807) is 0 Å². The van der Waals surface area contributed by atoms with Gasteiger partial charge >= 0.3 is 0 Å². The molecule has 1 aliphatic rings. The zero-order valence-corrected chi connectivity index (χ0v) is 13.4. The molecular weight excluding hydrogens is 244 g/mol. The summed E-state index contributed by atoms with van der Waals surface area (Å²) in [5.74, 6) is 0.663. The summed E-state index contributed by atoms with van der Waals surface area (Å²) in [5.41, 5.74) is 9.37. The SMILES string of the molecule is CCCCN(CC)C1(CN)CCC(C)c2ccccc21. The molecule has 0 heterocycles. The number of benzene rings is 1. The molecule has 0 fully saturated rings. The Morgan fingerprint density at radius 1 is 1.30 bits per heavy atom. The molecule has 0 spiro atoms. The maximum absolute atomic E-state index is 6.31. The number of likely N-dealkylation sites (N-methyl/N-ethyl adjacent to an activating group) is 1. The molecule has 112 valence electrons. The molecule has 2 rings (SSSR count). The van der Waals surface area contributed by atoms with Crippen molar-refractivity contribution in [2.24, 2.45) is 5.73 Å². The summed E-state index contributed by atoms with van der Waals surface area (Å²) in [6.45, 7) is 9.86. The van der Waals surface area contributed by atoms with Crippen molar-refractivity contribution in [2.75, 3.05) is 19.6 Å². The molecule has 1 aliphatic carbocycles. The normalized spacial score (nSPS) is 25.8. The quantitative estimate of drug-likeness (QED) is 0.853. The van der Waals surface area contributed by atoms with E-state index >= 15 is 0 Å². The molecule has 2 atom stereocenters. The smallest absolute Gasteiger partial charge is 0.0586 e. The summed E-state index contributed by atoms with van der Waals surface area (Å²) in [6.07, 6.45) is 4.94. The van der Waals surface area contributed by atoms with E-state index in [0.29, 0.717) is 5.92 Å². The van der Waals surface area contributed by atoms with Gasteiger partial charge in [-0.1, -0.05) is 51.5 Å². The second-order valence-electron chi connectivity index (χ2n) is 6.20. The van der Waals surface area contributed by atoms with Crippen LogP contribution >= 0.6 is 0 Å². The van der Waals surface area contributed by atoms with Gasteiger partial charge in [-0.15, -0.1) is 0 Å². The van der Waals surface area contributed by atoms with Gasteiger partial charge in [-0.3, -0.25) is 4.90 Å². The van der Waals surface area contributed by atoms with E-state index in [9.17, 15) is 0 Å². The van der Waals surface area contributed by atoms with E-state index in [1.165, 1.54) is 36.8 Å². The highest BCUT2D eigenvalue weighted by Gasteiger charge is 2.41. The number of rotatable bonds is 6. The topological polar surface area (TPSA) is 29.3 Å². The van der Waals surface area contributed by atoms with Gasteiger partial charge in [0.2, 0.25) is 0 Å². The van der Waals surface area contributed by atoms with Gasteiger partial charge < -0.3 is 5.73 Å². The molecule has 2 heteroatoms. The molecule has 0 radical (unpaired) electrons. The Morgan fingerprint density at radius 3 is 2.70 bits per heavy atom. The molecule has 0 amide bonds. The van der Waals surface area contributed by atoms with Gasteiger partial charge in [0.15, 0.2) is 0 Å². The summed E-state index contributed by atoms with van der Waals surface area (Å²) < 4.78 is 0. The Bertz CT molecular complexity index is 429. The van der Waals surface area contributed by atoms with Crippen LogP contribution in [0.2, 0.25) is 0 Å². The highest BCUT2D eigenvalue weighted by molar-refractivity contribution is 5.39. The summed E-state index contributed by atoms with van der Waals surface area (Å²) in [7, 11) is 0. The van der Waals surface area contributed by atoms with Crippen molar-refractivity contribution in [3.63, 3.8) is 0 Å². The predicted octanol–water partition coefficient (Wildman–Crippen LogP) is 3.86. The van der Waals surface area contributed by atoms with Crippen LogP contribution in [0.15, 0.2) is 24.3 Å². The summed E-state index contributed by atoms with van der Waals surface area (Å²) in [5, 5.41) is 0. The van der Waals surface area contributed by atoms with Crippen molar-refractivity contribution < 1.29 is 0 Å². The van der Waals surface area contributed by atoms with Crippen molar-refractivity contribution in [3.8, 4) is 0 Å². The van der Waals surface area contributed by atoms with Gasteiger partial charge in [0.05, 0.1) is 5.54 Å². The molecule has 2 nitrogen and oxygen atoms in total. The maximum atomic E-state index is 6.31. The number of nitrogens with two attached hydrogens (primary N) is 1. The lowest BCUT2D eigenvalue weighted by Gasteiger charge is -2.48. The Balaban J connectivity index is 2.42. The molecule has 0 saturated carbocycles. The molecule has 20 heavy (non-hydrogen) atoms. The van der Waals surface area contributed by atoms with E-state index < -0.39 is 0 Å². The average molecular weight is 274 g/mol. The van der Waals surface area contributed by atoms with Crippen LogP contribution in [0, 0.1) is 0 Å². The number of fused-ring (bicyclic) bond motifs is 1. The first-order valence-corrected chi connectivity index (χ1v) is 8.24. The third-order valence-corrected chi connectivity index (χ3v) is 5.09. The van der Waals surface area contributed by atoms with Gasteiger partial charge in [-0.25, -0.2) is 0 Å². The van der Waals surface area contributed by atoms with Crippen LogP contribution in [0.5, 0.6) is 0 Å². The zero-order chi connectivity index (χ0) is 14.6. The van der Waals surface area contributed by atoms with E-state index in [2.05, 4.69) is 49.9 Å². The van der Waals surface area contributed by atoms with E-state index in [-0.39, 0.29) is 5.54 Å². The number of hydrogen-bond donors (Lipinski definition) is 1. The van der Waals surface area contributed by atoms with Gasteiger partial charge in [0.1, 0.15) is 0 Å². The minimum Gasteiger partial charge on any atom is -0.328 e. The van der Waals surface area contributed by atoms with Gasteiger partial charge in [-0.05, 0) is 49.4 Å². The van der Waals surface area contributed by atoms with E-state index in [4.69, 9.17) is 5.73 Å². The van der Waals surface area contributed by atoms with Gasteiger partial charge in [0.25, 0.3) is 0 Å². The summed E-state index contributed by atoms with van der Waals surface area (Å²) in [6, 6.07) is 8.96. The van der Waals surface area contributed by atoms with Crippen LogP contribution in [-0.4, -0.2) is 24.5 Å². The van der Waals surface area contributed by atoms with E-state index in [0.717, 1.165) is 19.6 Å².